The smallest absolute Gasteiger partial charge is 0.319 e. The number of carbonyl (C=O) groups excluding carboxylic acids is 1. The van der Waals surface area contributed by atoms with Gasteiger partial charge in [0, 0.05) is 37.6 Å². The standard InChI is InChI=1S/C16H15F2N7O/c17-11-2-3-13(12(18)8-11)24-16(26)20-6-5-19-14-9-15(22-10-21-14)25-7-1-4-23-25/h1-4,7-10H,5-6H2,(H,19,21,22)(H2,20,24,26). The minimum Gasteiger partial charge on any atom is -0.368 e. The van der Waals surface area contributed by atoms with E-state index in [2.05, 4.69) is 31.0 Å². The average Bonchev–Trinajstić information content (AvgIpc) is 3.16. The van der Waals surface area contributed by atoms with Gasteiger partial charge in [0.15, 0.2) is 5.82 Å². The van der Waals surface area contributed by atoms with Crippen molar-refractivity contribution in [1.82, 2.24) is 25.1 Å². The lowest BCUT2D eigenvalue weighted by molar-refractivity contribution is 0.252. The summed E-state index contributed by atoms with van der Waals surface area (Å²) in [5.41, 5.74) is -0.100. The van der Waals surface area contributed by atoms with Gasteiger partial charge >= 0.3 is 6.03 Å². The van der Waals surface area contributed by atoms with Crippen LogP contribution in [0.2, 0.25) is 0 Å². The van der Waals surface area contributed by atoms with Crippen molar-refractivity contribution in [3.63, 3.8) is 0 Å². The van der Waals surface area contributed by atoms with Gasteiger partial charge in [-0.2, -0.15) is 5.10 Å². The van der Waals surface area contributed by atoms with E-state index in [0.29, 0.717) is 24.2 Å². The van der Waals surface area contributed by atoms with E-state index in [4.69, 9.17) is 0 Å². The lowest BCUT2D eigenvalue weighted by atomic mass is 10.3. The summed E-state index contributed by atoms with van der Waals surface area (Å²) in [4.78, 5) is 19.9. The molecule has 0 aliphatic rings. The molecule has 0 aliphatic heterocycles. The first-order valence-corrected chi connectivity index (χ1v) is 7.67. The Labute approximate surface area is 147 Å². The Morgan fingerprint density at radius 1 is 1.15 bits per heavy atom. The second-order valence-electron chi connectivity index (χ2n) is 5.14. The van der Waals surface area contributed by atoms with Crippen molar-refractivity contribution in [1.29, 1.82) is 0 Å². The fraction of sp³-hybridized carbons (Fsp3) is 0.125. The fourth-order valence-corrected chi connectivity index (χ4v) is 2.10. The number of halogens is 2. The number of benzene rings is 1. The fourth-order valence-electron chi connectivity index (χ4n) is 2.10. The molecule has 0 spiro atoms. The first-order chi connectivity index (χ1) is 12.6. The highest BCUT2D eigenvalue weighted by molar-refractivity contribution is 5.89. The highest BCUT2D eigenvalue weighted by Gasteiger charge is 2.07. The third-order valence-corrected chi connectivity index (χ3v) is 3.29. The molecule has 134 valence electrons. The molecule has 10 heteroatoms. The molecule has 0 atom stereocenters. The third kappa shape index (κ3) is 4.50. The molecule has 3 aromatic rings. The first-order valence-electron chi connectivity index (χ1n) is 7.67. The largest absolute Gasteiger partial charge is 0.368 e. The number of rotatable bonds is 6. The number of hydrogen-bond acceptors (Lipinski definition) is 5. The summed E-state index contributed by atoms with van der Waals surface area (Å²) < 4.78 is 27.9. The second-order valence-corrected chi connectivity index (χ2v) is 5.14. The van der Waals surface area contributed by atoms with Crippen LogP contribution < -0.4 is 16.0 Å². The third-order valence-electron chi connectivity index (χ3n) is 3.29. The van der Waals surface area contributed by atoms with E-state index < -0.39 is 17.7 Å². The van der Waals surface area contributed by atoms with Crippen LogP contribution in [-0.4, -0.2) is 38.9 Å². The summed E-state index contributed by atoms with van der Waals surface area (Å²) in [6, 6.07) is 5.80. The molecule has 0 radical (unpaired) electrons. The van der Waals surface area contributed by atoms with Crippen LogP contribution >= 0.6 is 0 Å². The zero-order valence-electron chi connectivity index (χ0n) is 13.5. The molecule has 0 unspecified atom stereocenters. The van der Waals surface area contributed by atoms with E-state index >= 15 is 0 Å². The maximum Gasteiger partial charge on any atom is 0.319 e. The molecule has 3 rings (SSSR count). The first kappa shape index (κ1) is 17.3. The Morgan fingerprint density at radius 2 is 2.04 bits per heavy atom. The molecule has 0 bridgehead atoms. The molecule has 8 nitrogen and oxygen atoms in total. The highest BCUT2D eigenvalue weighted by Crippen LogP contribution is 2.14. The number of aromatic nitrogens is 4. The molecule has 3 N–H and O–H groups in total. The molecular weight excluding hydrogens is 344 g/mol. The van der Waals surface area contributed by atoms with Crippen LogP contribution in [0, 0.1) is 11.6 Å². The van der Waals surface area contributed by atoms with Crippen molar-refractivity contribution in [3.8, 4) is 5.82 Å². The van der Waals surface area contributed by atoms with Crippen LogP contribution in [0.5, 0.6) is 0 Å². The van der Waals surface area contributed by atoms with Gasteiger partial charge in [0.05, 0.1) is 5.69 Å². The van der Waals surface area contributed by atoms with Gasteiger partial charge in [-0.3, -0.25) is 0 Å². The van der Waals surface area contributed by atoms with Gasteiger partial charge in [0.2, 0.25) is 0 Å². The Kier molecular flexibility index (Phi) is 5.32. The minimum absolute atomic E-state index is 0.100. The zero-order valence-corrected chi connectivity index (χ0v) is 13.5. The van der Waals surface area contributed by atoms with E-state index in [0.717, 1.165) is 12.1 Å². The summed E-state index contributed by atoms with van der Waals surface area (Å²) in [7, 11) is 0. The molecule has 26 heavy (non-hydrogen) atoms. The lowest BCUT2D eigenvalue weighted by Crippen LogP contribution is -2.33. The van der Waals surface area contributed by atoms with Crippen LogP contribution in [0.15, 0.2) is 49.1 Å². The predicted molar refractivity (Wildman–Crippen MR) is 91.0 cm³/mol. The van der Waals surface area contributed by atoms with Crippen molar-refractivity contribution in [3.05, 3.63) is 60.7 Å². The summed E-state index contributed by atoms with van der Waals surface area (Å²) in [6.45, 7) is 0.643. The SMILES string of the molecule is O=C(NCCNc1cc(-n2cccn2)ncn1)Nc1ccc(F)cc1F. The summed E-state index contributed by atoms with van der Waals surface area (Å²) in [5.74, 6) is -0.385. The number of hydrogen-bond donors (Lipinski definition) is 3. The molecule has 2 heterocycles. The normalized spacial score (nSPS) is 10.4. The molecular formula is C16H15F2N7O. The number of nitrogens with zero attached hydrogens (tertiary/aromatic N) is 4. The predicted octanol–water partition coefficient (Wildman–Crippen LogP) is 2.17. The molecule has 0 aliphatic carbocycles. The van der Waals surface area contributed by atoms with Crippen LogP contribution in [-0.2, 0) is 0 Å². The maximum atomic E-state index is 13.5. The zero-order chi connectivity index (χ0) is 18.4. The minimum atomic E-state index is -0.842. The van der Waals surface area contributed by atoms with E-state index in [1.165, 1.54) is 6.33 Å². The van der Waals surface area contributed by atoms with E-state index in [1.54, 1.807) is 29.2 Å². The maximum absolute atomic E-state index is 13.5. The van der Waals surface area contributed by atoms with Crippen LogP contribution in [0.4, 0.5) is 25.1 Å². The Bertz CT molecular complexity index is 886. The number of carbonyl (C=O) groups is 1. The molecule has 0 fully saturated rings. The second kappa shape index (κ2) is 8.01. The molecule has 1 aromatic carbocycles. The van der Waals surface area contributed by atoms with Crippen LogP contribution in [0.25, 0.3) is 5.82 Å². The van der Waals surface area contributed by atoms with Crippen LogP contribution in [0.3, 0.4) is 0 Å². The summed E-state index contributed by atoms with van der Waals surface area (Å²) in [5, 5.41) is 12.0. The van der Waals surface area contributed by atoms with E-state index in [1.807, 2.05) is 0 Å². The summed E-state index contributed by atoms with van der Waals surface area (Å²) >= 11 is 0. The summed E-state index contributed by atoms with van der Waals surface area (Å²) in [6.07, 6.45) is 4.80. The van der Waals surface area contributed by atoms with Gasteiger partial charge in [-0.05, 0) is 18.2 Å². The number of amides is 2. The van der Waals surface area contributed by atoms with Gasteiger partial charge < -0.3 is 16.0 Å². The Morgan fingerprint density at radius 3 is 2.81 bits per heavy atom. The van der Waals surface area contributed by atoms with Gasteiger partial charge in [-0.1, -0.05) is 0 Å². The molecule has 0 saturated carbocycles. The van der Waals surface area contributed by atoms with Gasteiger partial charge in [-0.15, -0.1) is 0 Å². The van der Waals surface area contributed by atoms with Crippen molar-refractivity contribution in [2.45, 2.75) is 0 Å². The Balaban J connectivity index is 1.45. The Hall–Kier alpha value is -3.56. The van der Waals surface area contributed by atoms with Crippen molar-refractivity contribution >= 4 is 17.5 Å². The molecule has 0 saturated heterocycles. The van der Waals surface area contributed by atoms with Gasteiger partial charge in [0.25, 0.3) is 0 Å². The van der Waals surface area contributed by atoms with E-state index in [9.17, 15) is 13.6 Å². The molecule has 2 amide bonds. The molecule has 2 aromatic heterocycles. The number of nitrogens with one attached hydrogen (secondary N) is 3. The monoisotopic (exact) mass is 359 g/mol. The van der Waals surface area contributed by atoms with Crippen molar-refractivity contribution in [2.75, 3.05) is 23.7 Å². The topological polar surface area (TPSA) is 96.8 Å². The average molecular weight is 359 g/mol. The van der Waals surface area contributed by atoms with Gasteiger partial charge in [0.1, 0.15) is 23.8 Å². The van der Waals surface area contributed by atoms with Crippen molar-refractivity contribution < 1.29 is 13.6 Å². The highest BCUT2D eigenvalue weighted by atomic mass is 19.1. The number of urea groups is 1. The lowest BCUT2D eigenvalue weighted by Gasteiger charge is -2.10. The quantitative estimate of drug-likeness (QED) is 0.586. The number of anilines is 2. The van der Waals surface area contributed by atoms with Gasteiger partial charge in [-0.25, -0.2) is 28.2 Å². The van der Waals surface area contributed by atoms with Crippen molar-refractivity contribution in [2.24, 2.45) is 0 Å². The van der Waals surface area contributed by atoms with Crippen LogP contribution in [0.1, 0.15) is 0 Å². The van der Waals surface area contributed by atoms with E-state index in [-0.39, 0.29) is 12.2 Å².